The highest BCUT2D eigenvalue weighted by molar-refractivity contribution is 5.44. The van der Waals surface area contributed by atoms with Crippen molar-refractivity contribution in [3.8, 4) is 0 Å². The van der Waals surface area contributed by atoms with Gasteiger partial charge in [0.1, 0.15) is 0 Å². The molecule has 0 aliphatic rings. The largest absolute Gasteiger partial charge is 0.295 e. The number of nitrogens with zero attached hydrogens (tertiary/aromatic N) is 2. The molecule has 0 unspecified atom stereocenters. The van der Waals surface area contributed by atoms with E-state index in [0.29, 0.717) is 0 Å². The van der Waals surface area contributed by atoms with Gasteiger partial charge in [-0.1, -0.05) is 48.9 Å². The van der Waals surface area contributed by atoms with Crippen LogP contribution in [0.5, 0.6) is 0 Å². The van der Waals surface area contributed by atoms with Crippen molar-refractivity contribution in [1.29, 1.82) is 0 Å². The standard InChI is InChI=1S/C18H22N2O2/c1-4-19(12-16-8-5-7-14(2)11-16)13-17-9-6-10-18(15(17)3)20(21)22/h5-11H,4,12-13H2,1-3H3. The predicted molar refractivity (Wildman–Crippen MR) is 88.8 cm³/mol. The zero-order chi connectivity index (χ0) is 16.1. The van der Waals surface area contributed by atoms with Crippen LogP contribution >= 0.6 is 0 Å². The van der Waals surface area contributed by atoms with Gasteiger partial charge in [0.25, 0.3) is 5.69 Å². The van der Waals surface area contributed by atoms with Gasteiger partial charge >= 0.3 is 0 Å². The minimum absolute atomic E-state index is 0.198. The maximum Gasteiger partial charge on any atom is 0.272 e. The second-order valence-electron chi connectivity index (χ2n) is 5.61. The van der Waals surface area contributed by atoms with Gasteiger partial charge in [-0.05, 0) is 31.5 Å². The first-order valence-corrected chi connectivity index (χ1v) is 7.52. The lowest BCUT2D eigenvalue weighted by molar-refractivity contribution is -0.385. The van der Waals surface area contributed by atoms with Gasteiger partial charge in [0.15, 0.2) is 0 Å². The smallest absolute Gasteiger partial charge is 0.272 e. The topological polar surface area (TPSA) is 46.4 Å². The molecule has 0 N–H and O–H groups in total. The van der Waals surface area contributed by atoms with Crippen LogP contribution in [0.4, 0.5) is 5.69 Å². The summed E-state index contributed by atoms with van der Waals surface area (Å²) in [6, 6.07) is 13.8. The molecule has 0 saturated carbocycles. The van der Waals surface area contributed by atoms with E-state index < -0.39 is 0 Å². The molecule has 116 valence electrons. The van der Waals surface area contributed by atoms with Crippen LogP contribution in [0.1, 0.15) is 29.2 Å². The molecule has 0 aliphatic heterocycles. The quantitative estimate of drug-likeness (QED) is 0.592. The Morgan fingerprint density at radius 2 is 1.82 bits per heavy atom. The number of nitro benzene ring substituents is 1. The van der Waals surface area contributed by atoms with Gasteiger partial charge in [0.05, 0.1) is 4.92 Å². The van der Waals surface area contributed by atoms with Gasteiger partial charge in [-0.3, -0.25) is 15.0 Å². The molecule has 22 heavy (non-hydrogen) atoms. The fourth-order valence-electron chi connectivity index (χ4n) is 2.63. The third-order valence-corrected chi connectivity index (χ3v) is 3.94. The molecule has 0 spiro atoms. The molecule has 0 fully saturated rings. The number of hydrogen-bond donors (Lipinski definition) is 0. The molecule has 0 radical (unpaired) electrons. The van der Waals surface area contributed by atoms with Gasteiger partial charge in [0, 0.05) is 24.7 Å². The van der Waals surface area contributed by atoms with Crippen LogP contribution in [0.25, 0.3) is 0 Å². The summed E-state index contributed by atoms with van der Waals surface area (Å²) in [5, 5.41) is 11.0. The van der Waals surface area contributed by atoms with Crippen LogP contribution in [0.3, 0.4) is 0 Å². The third-order valence-electron chi connectivity index (χ3n) is 3.94. The van der Waals surface area contributed by atoms with Crippen molar-refractivity contribution in [2.24, 2.45) is 0 Å². The Morgan fingerprint density at radius 3 is 2.45 bits per heavy atom. The highest BCUT2D eigenvalue weighted by Crippen LogP contribution is 2.22. The van der Waals surface area contributed by atoms with Crippen LogP contribution < -0.4 is 0 Å². The fourth-order valence-corrected chi connectivity index (χ4v) is 2.63. The average molecular weight is 298 g/mol. The molecule has 0 aliphatic carbocycles. The zero-order valence-electron chi connectivity index (χ0n) is 13.4. The second-order valence-corrected chi connectivity index (χ2v) is 5.61. The Balaban J connectivity index is 2.17. The molecule has 2 rings (SSSR count). The summed E-state index contributed by atoms with van der Waals surface area (Å²) in [5.74, 6) is 0. The van der Waals surface area contributed by atoms with Crippen molar-refractivity contribution < 1.29 is 4.92 Å². The number of nitro groups is 1. The maximum absolute atomic E-state index is 11.0. The van der Waals surface area contributed by atoms with E-state index in [1.807, 2.05) is 13.0 Å². The first kappa shape index (κ1) is 16.2. The summed E-state index contributed by atoms with van der Waals surface area (Å²) in [6.07, 6.45) is 0. The van der Waals surface area contributed by atoms with E-state index in [1.54, 1.807) is 12.1 Å². The molecule has 0 heterocycles. The highest BCUT2D eigenvalue weighted by atomic mass is 16.6. The number of aryl methyl sites for hydroxylation is 1. The first-order valence-electron chi connectivity index (χ1n) is 7.52. The summed E-state index contributed by atoms with van der Waals surface area (Å²) in [4.78, 5) is 13.0. The van der Waals surface area contributed by atoms with E-state index in [4.69, 9.17) is 0 Å². The summed E-state index contributed by atoms with van der Waals surface area (Å²) in [5.41, 5.74) is 4.49. The number of hydrogen-bond acceptors (Lipinski definition) is 3. The van der Waals surface area contributed by atoms with Gasteiger partial charge in [-0.15, -0.1) is 0 Å². The molecule has 0 amide bonds. The third kappa shape index (κ3) is 3.92. The normalized spacial score (nSPS) is 10.9. The minimum atomic E-state index is -0.310. The van der Waals surface area contributed by atoms with E-state index in [0.717, 1.165) is 30.8 Å². The van der Waals surface area contributed by atoms with Crippen LogP contribution in [0.15, 0.2) is 42.5 Å². The average Bonchev–Trinajstić information content (AvgIpc) is 2.48. The van der Waals surface area contributed by atoms with E-state index in [1.165, 1.54) is 11.1 Å². The second kappa shape index (κ2) is 7.18. The van der Waals surface area contributed by atoms with Gasteiger partial charge in [0.2, 0.25) is 0 Å². The molecule has 0 saturated heterocycles. The number of rotatable bonds is 6. The molecular formula is C18H22N2O2. The molecule has 4 heteroatoms. The monoisotopic (exact) mass is 298 g/mol. The van der Waals surface area contributed by atoms with Crippen molar-refractivity contribution in [3.63, 3.8) is 0 Å². The molecule has 0 atom stereocenters. The van der Waals surface area contributed by atoms with Gasteiger partial charge < -0.3 is 0 Å². The fraction of sp³-hybridized carbons (Fsp3) is 0.333. The van der Waals surface area contributed by atoms with E-state index >= 15 is 0 Å². The van der Waals surface area contributed by atoms with Gasteiger partial charge in [-0.25, -0.2) is 0 Å². The molecular weight excluding hydrogens is 276 g/mol. The SMILES string of the molecule is CCN(Cc1cccc(C)c1)Cc1cccc([N+](=O)[O-])c1C. The van der Waals surface area contributed by atoms with Crippen LogP contribution in [-0.4, -0.2) is 16.4 Å². The zero-order valence-corrected chi connectivity index (χ0v) is 13.4. The number of benzene rings is 2. The van der Waals surface area contributed by atoms with Crippen LogP contribution in [0, 0.1) is 24.0 Å². The summed E-state index contributed by atoms with van der Waals surface area (Å²) < 4.78 is 0. The molecule has 0 bridgehead atoms. The van der Waals surface area contributed by atoms with E-state index in [2.05, 4.69) is 43.0 Å². The van der Waals surface area contributed by atoms with Crippen molar-refractivity contribution >= 4 is 5.69 Å². The van der Waals surface area contributed by atoms with Crippen LogP contribution in [-0.2, 0) is 13.1 Å². The van der Waals surface area contributed by atoms with E-state index in [9.17, 15) is 10.1 Å². The predicted octanol–water partition coefficient (Wildman–Crippen LogP) is 4.23. The van der Waals surface area contributed by atoms with Crippen molar-refractivity contribution in [2.45, 2.75) is 33.9 Å². The minimum Gasteiger partial charge on any atom is -0.295 e. The highest BCUT2D eigenvalue weighted by Gasteiger charge is 2.15. The molecule has 2 aromatic rings. The van der Waals surface area contributed by atoms with Crippen LogP contribution in [0.2, 0.25) is 0 Å². The Morgan fingerprint density at radius 1 is 1.09 bits per heavy atom. The maximum atomic E-state index is 11.0. The lowest BCUT2D eigenvalue weighted by Crippen LogP contribution is -2.23. The van der Waals surface area contributed by atoms with E-state index in [-0.39, 0.29) is 10.6 Å². The Hall–Kier alpha value is -2.20. The van der Waals surface area contributed by atoms with Crippen molar-refractivity contribution in [2.75, 3.05) is 6.54 Å². The lowest BCUT2D eigenvalue weighted by atomic mass is 10.1. The Labute approximate surface area is 131 Å². The molecule has 0 aromatic heterocycles. The summed E-state index contributed by atoms with van der Waals surface area (Å²) >= 11 is 0. The Bertz CT molecular complexity index is 668. The molecule has 2 aromatic carbocycles. The molecule has 4 nitrogen and oxygen atoms in total. The van der Waals surface area contributed by atoms with Crippen molar-refractivity contribution in [1.82, 2.24) is 4.90 Å². The van der Waals surface area contributed by atoms with Gasteiger partial charge in [-0.2, -0.15) is 0 Å². The lowest BCUT2D eigenvalue weighted by Gasteiger charge is -2.21. The Kier molecular flexibility index (Phi) is 5.28. The first-order chi connectivity index (χ1) is 10.5. The van der Waals surface area contributed by atoms with Crippen molar-refractivity contribution in [3.05, 3.63) is 74.8 Å². The summed E-state index contributed by atoms with van der Waals surface area (Å²) in [7, 11) is 0. The summed E-state index contributed by atoms with van der Waals surface area (Å²) in [6.45, 7) is 8.50.